The van der Waals surface area contributed by atoms with E-state index in [0.29, 0.717) is 38.0 Å². The third-order valence-corrected chi connectivity index (χ3v) is 7.55. The monoisotopic (exact) mass is 394 g/mol. The van der Waals surface area contributed by atoms with Crippen LogP contribution in [0.4, 0.5) is 0 Å². The summed E-state index contributed by atoms with van der Waals surface area (Å²) in [6, 6.07) is 6.35. The predicted octanol–water partition coefficient (Wildman–Crippen LogP) is 1.87. The Hall–Kier alpha value is -1.93. The second-order valence-electron chi connectivity index (χ2n) is 7.51. The van der Waals surface area contributed by atoms with Crippen LogP contribution in [-0.2, 0) is 26.0 Å². The van der Waals surface area contributed by atoms with Gasteiger partial charge in [0.2, 0.25) is 15.9 Å². The number of amides is 1. The maximum atomic E-state index is 12.7. The predicted molar refractivity (Wildman–Crippen MR) is 99.7 cm³/mol. The number of hydrogen-bond acceptors (Lipinski definition) is 4. The van der Waals surface area contributed by atoms with Crippen molar-refractivity contribution in [1.29, 1.82) is 0 Å². The van der Waals surface area contributed by atoms with Crippen LogP contribution in [0.25, 0.3) is 0 Å². The van der Waals surface area contributed by atoms with Crippen molar-refractivity contribution in [3.8, 4) is 0 Å². The van der Waals surface area contributed by atoms with E-state index < -0.39 is 21.5 Å². The number of benzene rings is 1. The van der Waals surface area contributed by atoms with E-state index in [4.69, 9.17) is 0 Å². The Kier molecular flexibility index (Phi) is 5.58. The number of rotatable bonds is 5. The lowest BCUT2D eigenvalue weighted by molar-refractivity contribution is -0.155. The molecule has 2 aliphatic heterocycles. The van der Waals surface area contributed by atoms with Crippen molar-refractivity contribution in [1.82, 2.24) is 9.21 Å². The van der Waals surface area contributed by atoms with Crippen molar-refractivity contribution in [3.05, 3.63) is 29.8 Å². The minimum atomic E-state index is -3.49. The molecule has 0 bridgehead atoms. The minimum Gasteiger partial charge on any atom is -0.480 e. The number of sulfonamides is 1. The fourth-order valence-corrected chi connectivity index (χ4v) is 5.41. The Labute approximate surface area is 160 Å². The molecule has 1 unspecified atom stereocenters. The molecule has 0 saturated carbocycles. The zero-order valence-corrected chi connectivity index (χ0v) is 16.4. The zero-order valence-electron chi connectivity index (χ0n) is 15.6. The number of carboxylic acid groups (broad SMARTS) is 1. The average Bonchev–Trinajstić information content (AvgIpc) is 3.06. The first-order valence-electron chi connectivity index (χ1n) is 9.38. The van der Waals surface area contributed by atoms with Crippen molar-refractivity contribution in [2.24, 2.45) is 0 Å². The molecule has 7 nitrogen and oxygen atoms in total. The SMILES string of the molecule is CC1(C(=O)O)CCCN1C(=O)Cc1ccc(S(=O)(=O)N2CCCCC2)cc1. The summed E-state index contributed by atoms with van der Waals surface area (Å²) in [4.78, 5) is 25.8. The van der Waals surface area contributed by atoms with Crippen molar-refractivity contribution in [2.75, 3.05) is 19.6 Å². The fraction of sp³-hybridized carbons (Fsp3) is 0.579. The molecule has 1 atom stereocenters. The van der Waals surface area contributed by atoms with Crippen molar-refractivity contribution >= 4 is 21.9 Å². The number of piperidine rings is 1. The van der Waals surface area contributed by atoms with Crippen LogP contribution >= 0.6 is 0 Å². The Morgan fingerprint density at radius 1 is 1.04 bits per heavy atom. The van der Waals surface area contributed by atoms with E-state index in [9.17, 15) is 23.1 Å². The van der Waals surface area contributed by atoms with Gasteiger partial charge in [-0.15, -0.1) is 0 Å². The van der Waals surface area contributed by atoms with Crippen molar-refractivity contribution in [2.45, 2.75) is 55.9 Å². The summed E-state index contributed by atoms with van der Waals surface area (Å²) in [5.74, 6) is -1.24. The summed E-state index contributed by atoms with van der Waals surface area (Å²) in [6.45, 7) is 3.11. The smallest absolute Gasteiger partial charge is 0.329 e. The standard InChI is InChI=1S/C19H26N2O5S/c1-19(18(23)24)10-5-13-21(19)17(22)14-15-6-8-16(9-7-15)27(25,26)20-11-3-2-4-12-20/h6-9H,2-5,10-14H2,1H3,(H,23,24). The number of hydrogen-bond donors (Lipinski definition) is 1. The second kappa shape index (κ2) is 7.59. The van der Waals surface area contributed by atoms with E-state index in [-0.39, 0.29) is 17.2 Å². The third kappa shape index (κ3) is 3.87. The summed E-state index contributed by atoms with van der Waals surface area (Å²) in [5, 5.41) is 9.44. The minimum absolute atomic E-state index is 0.0624. The largest absolute Gasteiger partial charge is 0.480 e. The molecule has 8 heteroatoms. The molecule has 0 aromatic heterocycles. The number of aliphatic carboxylic acids is 1. The number of likely N-dealkylation sites (tertiary alicyclic amines) is 1. The molecule has 1 amide bonds. The van der Waals surface area contributed by atoms with Gasteiger partial charge in [-0.3, -0.25) is 4.79 Å². The lowest BCUT2D eigenvalue weighted by Gasteiger charge is -2.31. The molecule has 1 N–H and O–H groups in total. The van der Waals surface area contributed by atoms with Crippen molar-refractivity contribution in [3.63, 3.8) is 0 Å². The summed E-state index contributed by atoms with van der Waals surface area (Å²) in [6.07, 6.45) is 3.99. The molecule has 1 aromatic carbocycles. The van der Waals surface area contributed by atoms with Crippen LogP contribution in [-0.4, -0.2) is 59.8 Å². The van der Waals surface area contributed by atoms with Gasteiger partial charge in [0.15, 0.2) is 0 Å². The van der Waals surface area contributed by atoms with Crippen LogP contribution in [0.15, 0.2) is 29.2 Å². The summed E-state index contributed by atoms with van der Waals surface area (Å²) in [7, 11) is -3.49. The molecule has 2 fully saturated rings. The van der Waals surface area contributed by atoms with Gasteiger partial charge in [-0.25, -0.2) is 13.2 Å². The molecule has 0 spiro atoms. The first-order valence-corrected chi connectivity index (χ1v) is 10.8. The third-order valence-electron chi connectivity index (χ3n) is 5.63. The summed E-state index contributed by atoms with van der Waals surface area (Å²) in [5.41, 5.74) is -0.480. The van der Waals surface area contributed by atoms with Gasteiger partial charge >= 0.3 is 5.97 Å². The zero-order chi connectivity index (χ0) is 19.7. The molecule has 0 aliphatic carbocycles. The number of nitrogens with zero attached hydrogens (tertiary/aromatic N) is 2. The quantitative estimate of drug-likeness (QED) is 0.823. The van der Waals surface area contributed by atoms with E-state index in [0.717, 1.165) is 19.3 Å². The van der Waals surface area contributed by atoms with E-state index >= 15 is 0 Å². The number of carbonyl (C=O) groups is 2. The molecule has 0 radical (unpaired) electrons. The molecular formula is C19H26N2O5S. The highest BCUT2D eigenvalue weighted by molar-refractivity contribution is 7.89. The fourth-order valence-electron chi connectivity index (χ4n) is 3.89. The molecule has 3 rings (SSSR count). The summed E-state index contributed by atoms with van der Waals surface area (Å²) >= 11 is 0. The first kappa shape index (κ1) is 19.8. The average molecular weight is 394 g/mol. The van der Waals surface area contributed by atoms with Crippen LogP contribution in [0.3, 0.4) is 0 Å². The van der Waals surface area contributed by atoms with E-state index in [2.05, 4.69) is 0 Å². The second-order valence-corrected chi connectivity index (χ2v) is 9.45. The lowest BCUT2D eigenvalue weighted by Crippen LogP contribution is -2.51. The lowest BCUT2D eigenvalue weighted by atomic mass is 9.98. The summed E-state index contributed by atoms with van der Waals surface area (Å²) < 4.78 is 26.9. The maximum Gasteiger partial charge on any atom is 0.329 e. The Bertz CT molecular complexity index is 815. The highest BCUT2D eigenvalue weighted by Crippen LogP contribution is 2.30. The van der Waals surface area contributed by atoms with E-state index in [1.807, 2.05) is 0 Å². The Morgan fingerprint density at radius 3 is 2.26 bits per heavy atom. The van der Waals surface area contributed by atoms with Gasteiger partial charge < -0.3 is 10.0 Å². The molecular weight excluding hydrogens is 368 g/mol. The molecule has 2 heterocycles. The first-order chi connectivity index (χ1) is 12.7. The highest BCUT2D eigenvalue weighted by atomic mass is 32.2. The molecule has 27 heavy (non-hydrogen) atoms. The van der Waals surface area contributed by atoms with Crippen LogP contribution in [0.5, 0.6) is 0 Å². The van der Waals surface area contributed by atoms with Gasteiger partial charge in [-0.2, -0.15) is 4.31 Å². The van der Waals surface area contributed by atoms with Crippen LogP contribution in [0, 0.1) is 0 Å². The molecule has 1 aromatic rings. The topological polar surface area (TPSA) is 95.0 Å². The van der Waals surface area contributed by atoms with Crippen LogP contribution < -0.4 is 0 Å². The van der Waals surface area contributed by atoms with Gasteiger partial charge in [-0.05, 0) is 50.3 Å². The highest BCUT2D eigenvalue weighted by Gasteiger charge is 2.45. The van der Waals surface area contributed by atoms with E-state index in [1.54, 1.807) is 19.1 Å². The Morgan fingerprint density at radius 2 is 1.67 bits per heavy atom. The maximum absolute atomic E-state index is 12.7. The normalized spacial score (nSPS) is 24.1. The van der Waals surface area contributed by atoms with Gasteiger partial charge in [0.05, 0.1) is 11.3 Å². The van der Waals surface area contributed by atoms with Gasteiger partial charge in [0.1, 0.15) is 5.54 Å². The van der Waals surface area contributed by atoms with Crippen LogP contribution in [0.2, 0.25) is 0 Å². The molecule has 2 saturated heterocycles. The van der Waals surface area contributed by atoms with Gasteiger partial charge in [0, 0.05) is 19.6 Å². The van der Waals surface area contributed by atoms with Crippen molar-refractivity contribution < 1.29 is 23.1 Å². The number of carboxylic acids is 1. The van der Waals surface area contributed by atoms with Gasteiger partial charge in [-0.1, -0.05) is 18.6 Å². The van der Waals surface area contributed by atoms with E-state index in [1.165, 1.54) is 21.3 Å². The van der Waals surface area contributed by atoms with Crippen LogP contribution in [0.1, 0.15) is 44.6 Å². The molecule has 2 aliphatic rings. The Balaban J connectivity index is 1.70. The molecule has 148 valence electrons. The number of carbonyl (C=O) groups excluding carboxylic acids is 1. The van der Waals surface area contributed by atoms with Gasteiger partial charge in [0.25, 0.3) is 0 Å².